The first kappa shape index (κ1) is 18.2. The normalized spacial score (nSPS) is 13.9. The molecule has 0 aromatic rings. The minimum Gasteiger partial charge on any atom is -0.378 e. The van der Waals surface area contributed by atoms with Crippen LogP contribution in [0.2, 0.25) is 17.4 Å². The number of hydrogen-bond donors (Lipinski definition) is 0. The first-order chi connectivity index (χ1) is 6.49. The molecule has 0 saturated carbocycles. The minimum absolute atomic E-state index is 0. The predicted octanol–water partition coefficient (Wildman–Crippen LogP) is 1.02. The van der Waals surface area contributed by atoms with Crippen LogP contribution in [0.5, 0.6) is 0 Å². The largest absolute Gasteiger partial charge is 1.00 e. The molecule has 1 nitrogen and oxygen atoms in total. The van der Waals surface area contributed by atoms with E-state index in [4.69, 9.17) is 4.74 Å². The van der Waals surface area contributed by atoms with Crippen LogP contribution in [-0.2, 0) is 4.74 Å². The second-order valence-electron chi connectivity index (χ2n) is 5.39. The molecule has 0 aliphatic heterocycles. The summed E-state index contributed by atoms with van der Waals surface area (Å²) in [5.41, 5.74) is 0. The van der Waals surface area contributed by atoms with Crippen molar-refractivity contribution in [3.8, 4) is 0 Å². The van der Waals surface area contributed by atoms with Crippen LogP contribution in [0.4, 0.5) is 0 Å². The van der Waals surface area contributed by atoms with Gasteiger partial charge in [-0.25, -0.2) is 0 Å². The Morgan fingerprint density at radius 2 is 1.80 bits per heavy atom. The molecule has 0 aliphatic carbocycles. The summed E-state index contributed by atoms with van der Waals surface area (Å²) in [5, 5.41) is 0. The summed E-state index contributed by atoms with van der Waals surface area (Å²) in [4.78, 5) is 2.41. The third kappa shape index (κ3) is 12.8. The van der Waals surface area contributed by atoms with Crippen LogP contribution in [0, 0.1) is 0 Å². The van der Waals surface area contributed by atoms with E-state index in [-0.39, 0.29) is 18.9 Å². The van der Waals surface area contributed by atoms with Gasteiger partial charge in [0.25, 0.3) is 0 Å². The van der Waals surface area contributed by atoms with E-state index in [0.29, 0.717) is 6.10 Å². The van der Waals surface area contributed by atoms with Crippen molar-refractivity contribution in [3.63, 3.8) is 0 Å². The van der Waals surface area contributed by atoms with Gasteiger partial charge in [-0.05, 0) is 6.42 Å². The minimum atomic E-state index is -1.31. The summed E-state index contributed by atoms with van der Waals surface area (Å²) >= 11 is -1.31. The molecular weight excluding hydrogens is 194 g/mol. The fourth-order valence-electron chi connectivity index (χ4n) is 1.35. The number of hydrogen-bond acceptors (Lipinski definition) is 1. The van der Waals surface area contributed by atoms with E-state index >= 15 is 0 Å². The van der Waals surface area contributed by atoms with Crippen molar-refractivity contribution in [1.29, 1.82) is 0 Å². The van der Waals surface area contributed by atoms with Gasteiger partial charge in [0.15, 0.2) is 0 Å². The molecule has 0 aromatic carbocycles. The van der Waals surface area contributed by atoms with E-state index in [9.17, 15) is 0 Å². The average molecular weight is 220 g/mol. The molecule has 0 aliphatic rings. The molecule has 84 valence electrons. The first-order valence-electron chi connectivity index (χ1n) is 5.99. The van der Waals surface area contributed by atoms with Crippen molar-refractivity contribution in [2.75, 3.05) is 7.11 Å². The Bertz CT molecular complexity index is 163. The summed E-state index contributed by atoms with van der Waals surface area (Å²) in [7, 11) is 1.81. The first-order valence-corrected chi connectivity index (χ1v) is 10.1. The number of ether oxygens (including phenoxy) is 1. The molecule has 1 atom stereocenters. The second-order valence-corrected chi connectivity index (χ2v) is 11.2. The maximum Gasteiger partial charge on any atom is 1.00 e. The van der Waals surface area contributed by atoms with Gasteiger partial charge in [-0.3, -0.25) is 4.94 Å². The summed E-state index contributed by atoms with van der Waals surface area (Å²) in [6.07, 6.45) is 7.70. The molecule has 0 N–H and O–H groups in total. The molecule has 0 amide bonds. The van der Waals surface area contributed by atoms with E-state index < -0.39 is 13.1 Å². The predicted molar refractivity (Wildman–Crippen MR) is 67.4 cm³/mol. The maximum atomic E-state index is 5.43. The summed E-state index contributed by atoms with van der Waals surface area (Å²) < 4.78 is 5.43. The van der Waals surface area contributed by atoms with Crippen molar-refractivity contribution >= 4 is 13.1 Å². The van der Waals surface area contributed by atoms with E-state index in [1.54, 1.807) is 0 Å². The number of unbranched alkanes of at least 4 members (excludes halogenated alkanes) is 2. The van der Waals surface area contributed by atoms with E-state index in [1.807, 2.05) is 7.11 Å². The smallest absolute Gasteiger partial charge is 0.378 e. The van der Waals surface area contributed by atoms with Crippen LogP contribution in [0.3, 0.4) is 0 Å². The number of methoxy groups -OCH3 is 1. The zero-order valence-corrected chi connectivity index (χ0v) is 12.7. The van der Waals surface area contributed by atoms with Gasteiger partial charge in [-0.1, -0.05) is 26.2 Å². The molecule has 0 bridgehead atoms. The molecule has 0 radical (unpaired) electrons. The molecule has 1 unspecified atom stereocenters. The molecule has 15 heavy (non-hydrogen) atoms. The van der Waals surface area contributed by atoms with Gasteiger partial charge in [0.05, 0.1) is 6.10 Å². The zero-order chi connectivity index (χ0) is 11.0. The van der Waals surface area contributed by atoms with Gasteiger partial charge in [-0.15, -0.1) is 6.08 Å². The Morgan fingerprint density at radius 3 is 2.20 bits per heavy atom. The van der Waals surface area contributed by atoms with Crippen molar-refractivity contribution in [3.05, 3.63) is 11.0 Å². The maximum absolute atomic E-state index is 5.43. The average Bonchev–Trinajstić information content (AvgIpc) is 2.09. The Labute approximate surface area is 111 Å². The van der Waals surface area contributed by atoms with E-state index in [2.05, 4.69) is 35.3 Å². The molecule has 3 heteroatoms. The molecule has 0 saturated heterocycles. The Kier molecular flexibility index (Phi) is 12.2. The Hall–Kier alpha value is 0.830. The van der Waals surface area contributed by atoms with Crippen LogP contribution >= 0.6 is 0 Å². The van der Waals surface area contributed by atoms with Crippen LogP contribution < -0.4 is 18.9 Å². The zero-order valence-electron chi connectivity index (χ0n) is 11.5. The fraction of sp³-hybridized carbons (Fsp3) is 0.833. The van der Waals surface area contributed by atoms with Gasteiger partial charge in [0.1, 0.15) is 13.1 Å². The van der Waals surface area contributed by atoms with Crippen LogP contribution in [0.15, 0.2) is 11.0 Å². The van der Waals surface area contributed by atoms with Gasteiger partial charge < -0.3 is 4.74 Å². The molecule has 0 heterocycles. The molecule has 0 aromatic heterocycles. The Balaban J connectivity index is 0. The molecule has 0 fully saturated rings. The molecule has 0 rings (SSSR count). The quantitative estimate of drug-likeness (QED) is 0.460. The summed E-state index contributed by atoms with van der Waals surface area (Å²) in [6, 6.07) is 0. The van der Waals surface area contributed by atoms with E-state index in [0.717, 1.165) is 0 Å². The van der Waals surface area contributed by atoms with E-state index in [1.165, 1.54) is 25.7 Å². The fourth-order valence-corrected chi connectivity index (χ4v) is 2.26. The summed E-state index contributed by atoms with van der Waals surface area (Å²) in [5.74, 6) is 7.13. The van der Waals surface area contributed by atoms with Crippen molar-refractivity contribution in [2.24, 2.45) is 0 Å². The monoisotopic (exact) mass is 220 g/mol. The standard InChI is InChI=1S/C9H17O.3CH3.Al.Li/c1-4-6-7-8-9(5-2)10-3;;;;;/h2,5,9H,4,6-8H2,1,3H3;3*1H3;;/q;;;;-1;+1. The molecular formula is C12H26AlLiO. The SMILES string of the molecule is CCCCCC(/C=[CH]/[Al-]([CH3])([CH3])[CH3])OC.[Li+]. The molecule has 0 spiro atoms. The van der Waals surface area contributed by atoms with Gasteiger partial charge in [0.2, 0.25) is 0 Å². The van der Waals surface area contributed by atoms with Gasteiger partial charge >= 0.3 is 18.9 Å². The van der Waals surface area contributed by atoms with Crippen molar-refractivity contribution < 1.29 is 23.6 Å². The Morgan fingerprint density at radius 1 is 1.20 bits per heavy atom. The number of rotatable bonds is 7. The third-order valence-corrected chi connectivity index (χ3v) is 3.67. The summed E-state index contributed by atoms with van der Waals surface area (Å²) in [6.45, 7) is 2.24. The van der Waals surface area contributed by atoms with Crippen molar-refractivity contribution in [1.82, 2.24) is 0 Å². The van der Waals surface area contributed by atoms with Gasteiger partial charge in [0, 0.05) is 7.11 Å². The van der Waals surface area contributed by atoms with Crippen molar-refractivity contribution in [2.45, 2.75) is 56.1 Å². The second kappa shape index (κ2) is 10.0. The van der Waals surface area contributed by atoms with Crippen LogP contribution in [-0.4, -0.2) is 26.3 Å². The third-order valence-electron chi connectivity index (χ3n) is 2.30. The van der Waals surface area contributed by atoms with Crippen LogP contribution in [0.1, 0.15) is 32.6 Å². The topological polar surface area (TPSA) is 9.23 Å². The van der Waals surface area contributed by atoms with Gasteiger partial charge in [-0.2, -0.15) is 17.4 Å². The van der Waals surface area contributed by atoms with Crippen LogP contribution in [0.25, 0.3) is 0 Å².